The lowest BCUT2D eigenvalue weighted by Crippen LogP contribution is -2.30. The van der Waals surface area contributed by atoms with Gasteiger partial charge in [0.15, 0.2) is 0 Å². The van der Waals surface area contributed by atoms with Crippen molar-refractivity contribution in [2.24, 2.45) is 0 Å². The van der Waals surface area contributed by atoms with Gasteiger partial charge >= 0.3 is 0 Å². The molecule has 0 radical (unpaired) electrons. The molecule has 0 atom stereocenters. The van der Waals surface area contributed by atoms with E-state index in [1.807, 2.05) is 4.72 Å². The fourth-order valence-electron chi connectivity index (χ4n) is 2.30. The van der Waals surface area contributed by atoms with Crippen molar-refractivity contribution in [1.82, 2.24) is 4.72 Å². The summed E-state index contributed by atoms with van der Waals surface area (Å²) in [7, 11) is -3.97. The Kier molecular flexibility index (Phi) is 6.11. The molecule has 3 rings (SSSR count). The first-order valence-electron chi connectivity index (χ1n) is 8.13. The van der Waals surface area contributed by atoms with Crippen molar-refractivity contribution >= 4 is 31.9 Å². The molecule has 28 heavy (non-hydrogen) atoms. The quantitative estimate of drug-likeness (QED) is 0.591. The Morgan fingerprint density at radius 2 is 1.54 bits per heavy atom. The molecule has 0 aliphatic rings. The van der Waals surface area contributed by atoms with Crippen molar-refractivity contribution < 1.29 is 22.3 Å². The van der Waals surface area contributed by atoms with Gasteiger partial charge in [-0.2, -0.15) is 0 Å². The molecule has 3 aromatic rings. The maximum atomic E-state index is 12.9. The van der Waals surface area contributed by atoms with Crippen LogP contribution in [0.1, 0.15) is 15.9 Å². The van der Waals surface area contributed by atoms with Crippen molar-refractivity contribution in [2.75, 3.05) is 0 Å². The van der Waals surface area contributed by atoms with Crippen LogP contribution in [0.3, 0.4) is 0 Å². The maximum Gasteiger partial charge on any atom is 0.265 e. The van der Waals surface area contributed by atoms with Crippen LogP contribution < -0.4 is 9.46 Å². The van der Waals surface area contributed by atoms with Crippen LogP contribution in [-0.4, -0.2) is 14.3 Å². The Balaban J connectivity index is 1.63. The molecule has 0 saturated heterocycles. The van der Waals surface area contributed by atoms with Crippen LogP contribution >= 0.6 is 15.9 Å². The average Bonchev–Trinajstić information content (AvgIpc) is 2.68. The van der Waals surface area contributed by atoms with E-state index in [4.69, 9.17) is 4.74 Å². The number of hydrogen-bond acceptors (Lipinski definition) is 4. The number of ether oxygens (including phenoxy) is 1. The molecule has 8 heteroatoms. The van der Waals surface area contributed by atoms with E-state index < -0.39 is 15.9 Å². The van der Waals surface area contributed by atoms with Crippen LogP contribution in [0.15, 0.2) is 82.2 Å². The van der Waals surface area contributed by atoms with Gasteiger partial charge in [0, 0.05) is 10.0 Å². The monoisotopic (exact) mass is 463 g/mol. The molecular formula is C20H15BrFNO4S. The minimum absolute atomic E-state index is 0.0108. The molecule has 3 aromatic carbocycles. The number of carbonyl (C=O) groups is 1. The van der Waals surface area contributed by atoms with Crippen molar-refractivity contribution in [1.29, 1.82) is 0 Å². The van der Waals surface area contributed by atoms with E-state index in [9.17, 15) is 17.6 Å². The molecule has 144 valence electrons. The third-order valence-electron chi connectivity index (χ3n) is 3.79. The molecular weight excluding hydrogens is 449 g/mol. The van der Waals surface area contributed by atoms with Crippen molar-refractivity contribution in [3.05, 3.63) is 94.2 Å². The van der Waals surface area contributed by atoms with Gasteiger partial charge in [-0.05, 0) is 66.2 Å². The lowest BCUT2D eigenvalue weighted by Gasteiger charge is -2.09. The summed E-state index contributed by atoms with van der Waals surface area (Å²) >= 11 is 3.23. The van der Waals surface area contributed by atoms with Gasteiger partial charge in [-0.1, -0.05) is 28.1 Å². The Morgan fingerprint density at radius 1 is 0.929 bits per heavy atom. The zero-order valence-electron chi connectivity index (χ0n) is 14.4. The summed E-state index contributed by atoms with van der Waals surface area (Å²) in [4.78, 5) is 12.2. The highest BCUT2D eigenvalue weighted by Gasteiger charge is 2.18. The zero-order valence-corrected chi connectivity index (χ0v) is 16.8. The number of sulfonamides is 1. The lowest BCUT2D eigenvalue weighted by molar-refractivity contribution is 0.0981. The van der Waals surface area contributed by atoms with Crippen LogP contribution in [-0.2, 0) is 16.6 Å². The number of halogens is 2. The summed E-state index contributed by atoms with van der Waals surface area (Å²) in [6.07, 6.45) is 0. The SMILES string of the molecule is O=C(NS(=O)(=O)c1ccc(Br)cc1)c1ccc(OCc2ccc(F)cc2)cc1. The van der Waals surface area contributed by atoms with Gasteiger partial charge in [-0.25, -0.2) is 17.5 Å². The summed E-state index contributed by atoms with van der Waals surface area (Å²) in [6, 6.07) is 17.9. The molecule has 0 saturated carbocycles. The molecule has 0 aliphatic carbocycles. The number of benzene rings is 3. The smallest absolute Gasteiger partial charge is 0.265 e. The van der Waals surface area contributed by atoms with Crippen LogP contribution in [0.4, 0.5) is 4.39 Å². The fourth-order valence-corrected chi connectivity index (χ4v) is 3.54. The normalized spacial score (nSPS) is 11.1. The largest absolute Gasteiger partial charge is 0.489 e. The van der Waals surface area contributed by atoms with Gasteiger partial charge in [0.1, 0.15) is 18.2 Å². The third kappa shape index (κ3) is 5.17. The molecule has 0 bridgehead atoms. The summed E-state index contributed by atoms with van der Waals surface area (Å²) in [6.45, 7) is 0.240. The Bertz CT molecular complexity index is 1070. The minimum atomic E-state index is -3.97. The van der Waals surface area contributed by atoms with Crippen molar-refractivity contribution in [2.45, 2.75) is 11.5 Å². The Hall–Kier alpha value is -2.71. The lowest BCUT2D eigenvalue weighted by atomic mass is 10.2. The highest BCUT2D eigenvalue weighted by atomic mass is 79.9. The molecule has 0 aromatic heterocycles. The van der Waals surface area contributed by atoms with Gasteiger partial charge in [0.25, 0.3) is 15.9 Å². The predicted octanol–water partition coefficient (Wildman–Crippen LogP) is 4.29. The minimum Gasteiger partial charge on any atom is -0.489 e. The van der Waals surface area contributed by atoms with Gasteiger partial charge in [-0.15, -0.1) is 0 Å². The van der Waals surface area contributed by atoms with Gasteiger partial charge in [0.2, 0.25) is 0 Å². The fraction of sp³-hybridized carbons (Fsp3) is 0.0500. The first kappa shape index (κ1) is 20.0. The third-order valence-corrected chi connectivity index (χ3v) is 5.66. The van der Waals surface area contributed by atoms with Gasteiger partial charge < -0.3 is 4.74 Å². The van der Waals surface area contributed by atoms with E-state index in [0.29, 0.717) is 5.75 Å². The number of rotatable bonds is 6. The van der Waals surface area contributed by atoms with E-state index in [0.717, 1.165) is 10.0 Å². The molecule has 0 aliphatic heterocycles. The Labute approximate surface area is 170 Å². The summed E-state index contributed by atoms with van der Waals surface area (Å²) in [5.41, 5.74) is 0.971. The molecule has 1 N–H and O–H groups in total. The first-order valence-corrected chi connectivity index (χ1v) is 10.4. The molecule has 0 unspecified atom stereocenters. The summed E-state index contributed by atoms with van der Waals surface area (Å²) in [5.74, 6) is -0.568. The van der Waals surface area contributed by atoms with E-state index in [1.165, 1.54) is 36.4 Å². The van der Waals surface area contributed by atoms with Crippen LogP contribution in [0.2, 0.25) is 0 Å². The molecule has 0 heterocycles. The summed E-state index contributed by atoms with van der Waals surface area (Å²) < 4.78 is 45.8. The first-order chi connectivity index (χ1) is 13.3. The second-order valence-electron chi connectivity index (χ2n) is 5.83. The van der Waals surface area contributed by atoms with E-state index in [1.54, 1.807) is 36.4 Å². The molecule has 5 nitrogen and oxygen atoms in total. The van der Waals surface area contributed by atoms with Crippen LogP contribution in [0.5, 0.6) is 5.75 Å². The number of amides is 1. The highest BCUT2D eigenvalue weighted by Crippen LogP contribution is 2.17. The molecule has 0 fully saturated rings. The standard InChI is InChI=1S/C20H15BrFNO4S/c21-16-5-11-19(12-6-16)28(25,26)23-20(24)15-3-9-18(10-4-15)27-13-14-1-7-17(22)8-2-14/h1-12H,13H2,(H,23,24). The topological polar surface area (TPSA) is 72.5 Å². The van der Waals surface area contributed by atoms with Crippen molar-refractivity contribution in [3.8, 4) is 5.75 Å². The molecule has 0 spiro atoms. The number of carbonyl (C=O) groups excluding carboxylic acids is 1. The number of nitrogens with one attached hydrogen (secondary N) is 1. The van der Waals surface area contributed by atoms with E-state index in [2.05, 4.69) is 15.9 Å². The van der Waals surface area contributed by atoms with Crippen LogP contribution in [0.25, 0.3) is 0 Å². The maximum absolute atomic E-state index is 12.9. The second kappa shape index (κ2) is 8.53. The van der Waals surface area contributed by atoms with E-state index >= 15 is 0 Å². The second-order valence-corrected chi connectivity index (χ2v) is 8.43. The van der Waals surface area contributed by atoms with Crippen molar-refractivity contribution in [3.63, 3.8) is 0 Å². The Morgan fingerprint density at radius 3 is 2.14 bits per heavy atom. The van der Waals surface area contributed by atoms with Crippen LogP contribution in [0, 0.1) is 5.82 Å². The summed E-state index contributed by atoms with van der Waals surface area (Å²) in [5, 5.41) is 0. The zero-order chi connectivity index (χ0) is 20.1. The number of hydrogen-bond donors (Lipinski definition) is 1. The van der Waals surface area contributed by atoms with Gasteiger partial charge in [-0.3, -0.25) is 4.79 Å². The average molecular weight is 464 g/mol. The van der Waals surface area contributed by atoms with Gasteiger partial charge in [0.05, 0.1) is 4.90 Å². The highest BCUT2D eigenvalue weighted by molar-refractivity contribution is 9.10. The van der Waals surface area contributed by atoms with E-state index in [-0.39, 0.29) is 22.9 Å². The predicted molar refractivity (Wildman–Crippen MR) is 106 cm³/mol. The molecule has 1 amide bonds.